The van der Waals surface area contributed by atoms with E-state index in [4.69, 9.17) is 9.15 Å². The maximum Gasteiger partial charge on any atom is 0.266 e. The summed E-state index contributed by atoms with van der Waals surface area (Å²) in [5.41, 5.74) is 2.08. The highest BCUT2D eigenvalue weighted by molar-refractivity contribution is 5.44. The van der Waals surface area contributed by atoms with E-state index in [9.17, 15) is 0 Å². The Hall–Kier alpha value is -2.51. The summed E-state index contributed by atoms with van der Waals surface area (Å²) in [6.07, 6.45) is 3.31. The van der Waals surface area contributed by atoms with Gasteiger partial charge in [0.05, 0.1) is 18.6 Å². The summed E-state index contributed by atoms with van der Waals surface area (Å²) >= 11 is 0. The van der Waals surface area contributed by atoms with E-state index in [0.717, 1.165) is 25.3 Å². The van der Waals surface area contributed by atoms with Gasteiger partial charge in [0.15, 0.2) is 0 Å². The summed E-state index contributed by atoms with van der Waals surface area (Å²) in [6, 6.07) is 10.4. The molecule has 7 heteroatoms. The number of nitrogens with zero attached hydrogens (tertiary/aromatic N) is 5. The first kappa shape index (κ1) is 16.0. The van der Waals surface area contributed by atoms with Gasteiger partial charge in [-0.05, 0) is 12.5 Å². The van der Waals surface area contributed by atoms with E-state index in [1.165, 1.54) is 5.56 Å². The van der Waals surface area contributed by atoms with Crippen molar-refractivity contribution in [2.24, 2.45) is 7.05 Å². The minimum absolute atomic E-state index is 0.106. The van der Waals surface area contributed by atoms with Crippen LogP contribution in [0.4, 0.5) is 0 Å². The van der Waals surface area contributed by atoms with Crippen LogP contribution in [0.5, 0.6) is 0 Å². The van der Waals surface area contributed by atoms with Crippen molar-refractivity contribution < 1.29 is 9.15 Å². The standard InChI is InChI=1S/C18H21N5O2/c1-13-9-23(10-14-6-4-3-5-7-14)11-16(24-13)18-21-20-17(25-18)15-8-19-12-22(15)2/h3-8,12-13,16H,9-11H2,1-2H3/t13-,16-/m1/s1. The molecule has 0 spiro atoms. The second-order valence-corrected chi connectivity index (χ2v) is 6.45. The molecule has 3 heterocycles. The van der Waals surface area contributed by atoms with Crippen LogP contribution in [0.1, 0.15) is 24.5 Å². The molecule has 3 aromatic rings. The van der Waals surface area contributed by atoms with Crippen molar-refractivity contribution in [3.05, 3.63) is 54.3 Å². The SMILES string of the molecule is C[C@@H]1CN(Cc2ccccc2)C[C@H](c2nnc(-c3cncn3C)o2)O1. The number of aromatic nitrogens is 4. The van der Waals surface area contributed by atoms with E-state index in [0.29, 0.717) is 11.8 Å². The molecule has 25 heavy (non-hydrogen) atoms. The monoisotopic (exact) mass is 339 g/mol. The number of rotatable bonds is 4. The van der Waals surface area contributed by atoms with Gasteiger partial charge in [-0.15, -0.1) is 10.2 Å². The molecule has 1 aliphatic rings. The molecule has 0 unspecified atom stereocenters. The molecule has 1 saturated heterocycles. The summed E-state index contributed by atoms with van der Waals surface area (Å²) in [7, 11) is 1.90. The molecular formula is C18H21N5O2. The average Bonchev–Trinajstić information content (AvgIpc) is 3.24. The van der Waals surface area contributed by atoms with Crippen LogP contribution < -0.4 is 0 Å². The Kier molecular flexibility index (Phi) is 4.33. The highest BCUT2D eigenvalue weighted by Crippen LogP contribution is 2.27. The fraction of sp³-hybridized carbons (Fsp3) is 0.389. The van der Waals surface area contributed by atoms with Crippen LogP contribution in [-0.2, 0) is 18.3 Å². The summed E-state index contributed by atoms with van der Waals surface area (Å²) in [5, 5.41) is 8.36. The predicted octanol–water partition coefficient (Wildman–Crippen LogP) is 2.43. The molecule has 1 aliphatic heterocycles. The summed E-state index contributed by atoms with van der Waals surface area (Å²) in [5.74, 6) is 0.979. The Bertz CT molecular complexity index is 829. The first-order valence-corrected chi connectivity index (χ1v) is 8.41. The highest BCUT2D eigenvalue weighted by Gasteiger charge is 2.30. The van der Waals surface area contributed by atoms with Crippen LogP contribution in [-0.4, -0.2) is 43.8 Å². The largest absolute Gasteiger partial charge is 0.416 e. The lowest BCUT2D eigenvalue weighted by molar-refractivity contribution is -0.0914. The van der Waals surface area contributed by atoms with Gasteiger partial charge in [0, 0.05) is 26.7 Å². The minimum Gasteiger partial charge on any atom is -0.416 e. The van der Waals surface area contributed by atoms with Crippen LogP contribution in [0.25, 0.3) is 11.6 Å². The number of imidazole rings is 1. The average molecular weight is 339 g/mol. The van der Waals surface area contributed by atoms with Crippen molar-refractivity contribution in [1.82, 2.24) is 24.6 Å². The highest BCUT2D eigenvalue weighted by atomic mass is 16.5. The fourth-order valence-electron chi connectivity index (χ4n) is 3.18. The van der Waals surface area contributed by atoms with E-state index in [2.05, 4.69) is 51.3 Å². The maximum atomic E-state index is 6.04. The van der Waals surface area contributed by atoms with Crippen LogP contribution in [0, 0.1) is 0 Å². The maximum absolute atomic E-state index is 6.04. The zero-order valence-corrected chi connectivity index (χ0v) is 14.4. The van der Waals surface area contributed by atoms with Crippen molar-refractivity contribution in [3.8, 4) is 11.6 Å². The van der Waals surface area contributed by atoms with Crippen LogP contribution >= 0.6 is 0 Å². The Labute approximate surface area is 146 Å². The molecule has 2 atom stereocenters. The molecule has 130 valence electrons. The second-order valence-electron chi connectivity index (χ2n) is 6.45. The van der Waals surface area contributed by atoms with E-state index >= 15 is 0 Å². The minimum atomic E-state index is -0.220. The Morgan fingerprint density at radius 3 is 2.76 bits per heavy atom. The number of benzene rings is 1. The van der Waals surface area contributed by atoms with Crippen LogP contribution in [0.2, 0.25) is 0 Å². The molecule has 0 N–H and O–H groups in total. The molecular weight excluding hydrogens is 318 g/mol. The number of hydrogen-bond donors (Lipinski definition) is 0. The lowest BCUT2D eigenvalue weighted by Gasteiger charge is -2.35. The van der Waals surface area contributed by atoms with Gasteiger partial charge < -0.3 is 13.7 Å². The van der Waals surface area contributed by atoms with Gasteiger partial charge in [-0.2, -0.15) is 0 Å². The Balaban J connectivity index is 1.50. The van der Waals surface area contributed by atoms with Gasteiger partial charge in [0.2, 0.25) is 5.89 Å². The van der Waals surface area contributed by atoms with Crippen LogP contribution in [0.3, 0.4) is 0 Å². The molecule has 2 aromatic heterocycles. The topological polar surface area (TPSA) is 69.2 Å². The first-order valence-electron chi connectivity index (χ1n) is 8.41. The van der Waals surface area contributed by atoms with E-state index in [-0.39, 0.29) is 12.2 Å². The predicted molar refractivity (Wildman–Crippen MR) is 91.5 cm³/mol. The number of ether oxygens (including phenoxy) is 1. The molecule has 0 amide bonds. The smallest absolute Gasteiger partial charge is 0.266 e. The van der Waals surface area contributed by atoms with Gasteiger partial charge >= 0.3 is 0 Å². The van der Waals surface area contributed by atoms with Crippen molar-refractivity contribution in [2.45, 2.75) is 25.7 Å². The lowest BCUT2D eigenvalue weighted by atomic mass is 10.1. The third-order valence-corrected chi connectivity index (χ3v) is 4.34. The van der Waals surface area contributed by atoms with E-state index < -0.39 is 0 Å². The number of aryl methyl sites for hydroxylation is 1. The third-order valence-electron chi connectivity index (χ3n) is 4.34. The number of morpholine rings is 1. The van der Waals surface area contributed by atoms with Crippen molar-refractivity contribution >= 4 is 0 Å². The van der Waals surface area contributed by atoms with Crippen molar-refractivity contribution in [3.63, 3.8) is 0 Å². The van der Waals surface area contributed by atoms with Crippen molar-refractivity contribution in [2.75, 3.05) is 13.1 Å². The van der Waals surface area contributed by atoms with Crippen molar-refractivity contribution in [1.29, 1.82) is 0 Å². The zero-order valence-electron chi connectivity index (χ0n) is 14.4. The molecule has 0 saturated carbocycles. The molecule has 7 nitrogen and oxygen atoms in total. The Morgan fingerprint density at radius 1 is 1.16 bits per heavy atom. The molecule has 0 aliphatic carbocycles. The molecule has 0 radical (unpaired) electrons. The normalized spacial score (nSPS) is 21.5. The summed E-state index contributed by atoms with van der Waals surface area (Å²) in [6.45, 7) is 4.57. The Morgan fingerprint density at radius 2 is 2.00 bits per heavy atom. The molecule has 1 fully saturated rings. The molecule has 0 bridgehead atoms. The first-order chi connectivity index (χ1) is 12.2. The number of hydrogen-bond acceptors (Lipinski definition) is 6. The molecule has 1 aromatic carbocycles. The summed E-state index contributed by atoms with van der Waals surface area (Å²) < 4.78 is 13.8. The molecule has 4 rings (SSSR count). The zero-order chi connectivity index (χ0) is 17.2. The third kappa shape index (κ3) is 3.47. The van der Waals surface area contributed by atoms with Crippen LogP contribution in [0.15, 0.2) is 47.3 Å². The van der Waals surface area contributed by atoms with Gasteiger partial charge in [-0.3, -0.25) is 4.90 Å². The quantitative estimate of drug-likeness (QED) is 0.727. The lowest BCUT2D eigenvalue weighted by Crippen LogP contribution is -2.42. The van der Waals surface area contributed by atoms with Gasteiger partial charge in [0.1, 0.15) is 11.8 Å². The fourth-order valence-corrected chi connectivity index (χ4v) is 3.18. The van der Waals surface area contributed by atoms with Gasteiger partial charge in [0.25, 0.3) is 5.89 Å². The van der Waals surface area contributed by atoms with E-state index in [1.807, 2.05) is 17.7 Å². The van der Waals surface area contributed by atoms with E-state index in [1.54, 1.807) is 12.5 Å². The van der Waals surface area contributed by atoms with Gasteiger partial charge in [-0.1, -0.05) is 30.3 Å². The van der Waals surface area contributed by atoms with Gasteiger partial charge in [-0.25, -0.2) is 4.98 Å². The second kappa shape index (κ2) is 6.78. The summed E-state index contributed by atoms with van der Waals surface area (Å²) in [4.78, 5) is 6.45.